The van der Waals surface area contributed by atoms with E-state index in [0.717, 1.165) is 5.56 Å². The molecule has 8 heteroatoms. The molecule has 0 bridgehead atoms. The number of pyridine rings is 2. The molecule has 0 saturated heterocycles. The molecule has 3 aromatic heterocycles. The minimum atomic E-state index is -3.99. The van der Waals surface area contributed by atoms with Crippen LogP contribution >= 0.6 is 0 Å². The van der Waals surface area contributed by atoms with Gasteiger partial charge in [-0.1, -0.05) is 31.2 Å². The smallest absolute Gasteiger partial charge is 0.267 e. The van der Waals surface area contributed by atoms with Crippen LogP contribution in [0.1, 0.15) is 31.9 Å². The Morgan fingerprint density at radius 1 is 1.13 bits per heavy atom. The van der Waals surface area contributed by atoms with Crippen molar-refractivity contribution in [2.24, 2.45) is 0 Å². The highest BCUT2D eigenvalue weighted by Gasteiger charge is 2.25. The van der Waals surface area contributed by atoms with Crippen LogP contribution < -0.4 is 11.0 Å². The summed E-state index contributed by atoms with van der Waals surface area (Å²) in [5.74, 6) is 0. The van der Waals surface area contributed by atoms with E-state index in [1.54, 1.807) is 35.0 Å². The zero-order chi connectivity index (χ0) is 21.6. The lowest BCUT2D eigenvalue weighted by Crippen LogP contribution is -2.31. The van der Waals surface area contributed by atoms with Gasteiger partial charge in [0.15, 0.2) is 0 Å². The van der Waals surface area contributed by atoms with E-state index >= 15 is 0 Å². The molecule has 154 valence electrons. The van der Waals surface area contributed by atoms with Crippen LogP contribution in [0.2, 0.25) is 0 Å². The summed E-state index contributed by atoms with van der Waals surface area (Å²) in [6.45, 7) is 5.70. The maximum Gasteiger partial charge on any atom is 0.267 e. The largest absolute Gasteiger partial charge is 0.307 e. The van der Waals surface area contributed by atoms with E-state index in [9.17, 15) is 13.2 Å². The summed E-state index contributed by atoms with van der Waals surface area (Å²) in [6, 6.07) is 12.6. The number of nitrogens with zero attached hydrogens (tertiary/aromatic N) is 3. The fraction of sp³-hybridized carbons (Fsp3) is 0.227. The Balaban J connectivity index is 2.20. The molecule has 0 radical (unpaired) electrons. The molecule has 0 unspecified atom stereocenters. The fourth-order valence-electron chi connectivity index (χ4n) is 3.52. The second-order valence-electron chi connectivity index (χ2n) is 7.39. The first-order valence-corrected chi connectivity index (χ1v) is 11.2. The van der Waals surface area contributed by atoms with Crippen LogP contribution in [0.25, 0.3) is 16.7 Å². The van der Waals surface area contributed by atoms with Crippen LogP contribution in [0, 0.1) is 12.3 Å². The third-order valence-corrected chi connectivity index (χ3v) is 7.12. The number of rotatable bonds is 4. The standard InChI is InChI=1S/C22H22N4O3S/c1-4-15(3)26-20(23)18(30(28,29)16-8-6-5-7-9-16)12-17-21(26)24-19-11-10-14(2)13-25(19)22(17)27/h5-13,15,23H,4H2,1-3H3/t15-/m0/s1. The van der Waals surface area contributed by atoms with E-state index in [1.807, 2.05) is 26.8 Å². The lowest BCUT2D eigenvalue weighted by atomic mass is 10.2. The third-order valence-electron chi connectivity index (χ3n) is 5.34. The highest BCUT2D eigenvalue weighted by Crippen LogP contribution is 2.23. The number of aryl methyl sites for hydroxylation is 1. The molecular weight excluding hydrogens is 400 g/mol. The van der Waals surface area contributed by atoms with Gasteiger partial charge in [0.2, 0.25) is 9.84 Å². The van der Waals surface area contributed by atoms with Crippen molar-refractivity contribution in [2.75, 3.05) is 0 Å². The molecule has 0 saturated carbocycles. The summed E-state index contributed by atoms with van der Waals surface area (Å²) in [5, 5.41) is 8.89. The zero-order valence-corrected chi connectivity index (χ0v) is 17.8. The number of hydrogen-bond donors (Lipinski definition) is 1. The van der Waals surface area contributed by atoms with Gasteiger partial charge in [0.05, 0.1) is 10.3 Å². The first-order chi connectivity index (χ1) is 14.3. The highest BCUT2D eigenvalue weighted by molar-refractivity contribution is 7.91. The predicted molar refractivity (Wildman–Crippen MR) is 114 cm³/mol. The van der Waals surface area contributed by atoms with Gasteiger partial charge in [0.25, 0.3) is 5.56 Å². The Labute approximate surface area is 173 Å². The second kappa shape index (κ2) is 7.21. The van der Waals surface area contributed by atoms with Crippen LogP contribution in [0.3, 0.4) is 0 Å². The summed E-state index contributed by atoms with van der Waals surface area (Å²) in [4.78, 5) is 17.8. The molecule has 4 aromatic rings. The predicted octanol–water partition coefficient (Wildman–Crippen LogP) is 3.24. The number of benzene rings is 1. The average Bonchev–Trinajstić information content (AvgIpc) is 2.74. The maximum absolute atomic E-state index is 13.3. The van der Waals surface area contributed by atoms with Crippen molar-refractivity contribution < 1.29 is 8.42 Å². The van der Waals surface area contributed by atoms with Gasteiger partial charge in [0, 0.05) is 12.2 Å². The first-order valence-electron chi connectivity index (χ1n) is 9.68. The molecule has 0 amide bonds. The summed E-state index contributed by atoms with van der Waals surface area (Å²) >= 11 is 0. The van der Waals surface area contributed by atoms with Gasteiger partial charge in [-0.05, 0) is 50.1 Å². The molecule has 7 nitrogen and oxygen atoms in total. The van der Waals surface area contributed by atoms with Gasteiger partial charge in [-0.3, -0.25) is 14.6 Å². The van der Waals surface area contributed by atoms with Crippen molar-refractivity contribution in [3.63, 3.8) is 0 Å². The lowest BCUT2D eigenvalue weighted by Gasteiger charge is -2.19. The number of hydrogen-bond acceptors (Lipinski definition) is 5. The van der Waals surface area contributed by atoms with Crippen molar-refractivity contribution >= 4 is 26.5 Å². The van der Waals surface area contributed by atoms with E-state index < -0.39 is 9.84 Å². The Morgan fingerprint density at radius 3 is 2.50 bits per heavy atom. The van der Waals surface area contributed by atoms with E-state index in [1.165, 1.54) is 22.6 Å². The van der Waals surface area contributed by atoms with Crippen molar-refractivity contribution in [1.82, 2.24) is 14.0 Å². The molecule has 0 aliphatic rings. The average molecular weight is 423 g/mol. The summed E-state index contributed by atoms with van der Waals surface area (Å²) in [5.41, 5.74) is 1.11. The van der Waals surface area contributed by atoms with Crippen molar-refractivity contribution in [2.45, 2.75) is 43.0 Å². The Kier molecular flexibility index (Phi) is 4.82. The molecule has 1 atom stereocenters. The van der Waals surface area contributed by atoms with Crippen LogP contribution in [0.4, 0.5) is 0 Å². The van der Waals surface area contributed by atoms with Crippen LogP contribution in [0.5, 0.6) is 0 Å². The molecule has 1 N–H and O–H groups in total. The fourth-order valence-corrected chi connectivity index (χ4v) is 4.92. The van der Waals surface area contributed by atoms with Crippen molar-refractivity contribution in [3.8, 4) is 0 Å². The minimum absolute atomic E-state index is 0.0817. The van der Waals surface area contributed by atoms with Crippen LogP contribution in [0.15, 0.2) is 69.3 Å². The third kappa shape index (κ3) is 3.04. The first kappa shape index (κ1) is 20.0. The molecular formula is C22H22N4O3S. The zero-order valence-electron chi connectivity index (χ0n) is 17.0. The highest BCUT2D eigenvalue weighted by atomic mass is 32.2. The topological polar surface area (TPSA) is 97.3 Å². The number of fused-ring (bicyclic) bond motifs is 2. The molecule has 0 aliphatic carbocycles. The monoisotopic (exact) mass is 422 g/mol. The molecule has 4 rings (SSSR count). The Hall–Kier alpha value is -3.26. The SMILES string of the molecule is CC[C@H](C)n1c(=N)c(S(=O)(=O)c2ccccc2)cc2c(=O)n3cc(C)ccc3nc21. The van der Waals surface area contributed by atoms with Gasteiger partial charge in [-0.15, -0.1) is 0 Å². The molecule has 1 aromatic carbocycles. The van der Waals surface area contributed by atoms with E-state index in [2.05, 4.69) is 4.98 Å². The normalized spacial score (nSPS) is 13.0. The van der Waals surface area contributed by atoms with Gasteiger partial charge in [-0.2, -0.15) is 0 Å². The number of aromatic nitrogens is 3. The second-order valence-corrected chi connectivity index (χ2v) is 9.31. The molecule has 30 heavy (non-hydrogen) atoms. The summed E-state index contributed by atoms with van der Waals surface area (Å²) in [6.07, 6.45) is 2.33. The van der Waals surface area contributed by atoms with E-state index in [-0.39, 0.29) is 32.3 Å². The van der Waals surface area contributed by atoms with Gasteiger partial charge < -0.3 is 4.57 Å². The summed E-state index contributed by atoms with van der Waals surface area (Å²) in [7, 11) is -3.99. The van der Waals surface area contributed by atoms with E-state index in [4.69, 9.17) is 5.41 Å². The van der Waals surface area contributed by atoms with Crippen LogP contribution in [-0.2, 0) is 9.84 Å². The lowest BCUT2D eigenvalue weighted by molar-refractivity contribution is 0.508. The Morgan fingerprint density at radius 2 is 1.83 bits per heavy atom. The van der Waals surface area contributed by atoms with E-state index in [0.29, 0.717) is 17.7 Å². The van der Waals surface area contributed by atoms with Gasteiger partial charge in [-0.25, -0.2) is 13.4 Å². The molecule has 3 heterocycles. The quantitative estimate of drug-likeness (QED) is 0.511. The van der Waals surface area contributed by atoms with Crippen LogP contribution in [-0.4, -0.2) is 22.4 Å². The number of sulfone groups is 1. The Bertz CT molecular complexity index is 1500. The molecule has 0 spiro atoms. The number of nitrogens with one attached hydrogen (secondary N) is 1. The van der Waals surface area contributed by atoms with Crippen molar-refractivity contribution in [1.29, 1.82) is 5.41 Å². The maximum atomic E-state index is 13.3. The summed E-state index contributed by atoms with van der Waals surface area (Å²) < 4.78 is 29.6. The molecule has 0 aliphatic heterocycles. The molecule has 0 fully saturated rings. The van der Waals surface area contributed by atoms with Gasteiger partial charge >= 0.3 is 0 Å². The van der Waals surface area contributed by atoms with Crippen molar-refractivity contribution in [3.05, 3.63) is 76.1 Å². The van der Waals surface area contributed by atoms with Gasteiger partial charge in [0.1, 0.15) is 21.7 Å². The minimum Gasteiger partial charge on any atom is -0.307 e.